The van der Waals surface area contributed by atoms with Crippen LogP contribution in [0.1, 0.15) is 265 Å². The summed E-state index contributed by atoms with van der Waals surface area (Å²) in [6, 6.07) is -0.717. The van der Waals surface area contributed by atoms with Gasteiger partial charge in [0.1, 0.15) is 6.10 Å². The van der Waals surface area contributed by atoms with Gasteiger partial charge in [-0.15, -0.1) is 0 Å². The minimum absolute atomic E-state index is 0.0477. The highest BCUT2D eigenvalue weighted by Gasteiger charge is 2.24. The fourth-order valence-corrected chi connectivity index (χ4v) is 8.16. The van der Waals surface area contributed by atoms with E-state index in [2.05, 4.69) is 92.9 Å². The van der Waals surface area contributed by atoms with Gasteiger partial charge in [-0.05, 0) is 64.2 Å². The molecule has 0 saturated carbocycles. The number of carbonyl (C=O) groups is 2. The van der Waals surface area contributed by atoms with Gasteiger partial charge in [-0.2, -0.15) is 0 Å². The number of rotatable bonds is 49. The summed E-state index contributed by atoms with van der Waals surface area (Å²) in [6.07, 6.45) is 66.9. The standard InChI is InChI=1S/C59H105NO5/c1-4-7-10-13-16-19-22-24-26-28-29-30-32-34-37-40-43-46-49-52-59(64)65-55(50-47-44-41-38-36-33-31-27-25-23-20-17-14-11-8-5-2)53-58(63)60-56(54-61)57(62)51-48-45-42-39-35-21-18-15-12-9-6-3/h7,10,16,19,24,26,29-30,34,37,43,46,55-57,61-62H,4-6,8-9,11-15,17-18,20-23,25,27-28,31-33,35-36,38-42,44-45,47-54H2,1-3H3,(H,60,63)/b10-7-,19-16-,26-24-,30-29-,37-34-,46-43-. The van der Waals surface area contributed by atoms with Gasteiger partial charge in [0.05, 0.1) is 25.2 Å². The van der Waals surface area contributed by atoms with Crippen LogP contribution in [0.4, 0.5) is 0 Å². The molecule has 3 N–H and O–H groups in total. The summed E-state index contributed by atoms with van der Waals surface area (Å²) in [5, 5.41) is 23.8. The fraction of sp³-hybridized carbons (Fsp3) is 0.763. The first kappa shape index (κ1) is 62.3. The molecule has 0 aromatic rings. The third-order valence-corrected chi connectivity index (χ3v) is 12.3. The number of aliphatic hydroxyl groups excluding tert-OH is 2. The van der Waals surface area contributed by atoms with Gasteiger partial charge in [-0.25, -0.2) is 0 Å². The zero-order valence-electron chi connectivity index (χ0n) is 42.9. The first-order valence-electron chi connectivity index (χ1n) is 27.7. The molecule has 0 bridgehead atoms. The van der Waals surface area contributed by atoms with Crippen molar-refractivity contribution in [2.24, 2.45) is 0 Å². The Morgan fingerprint density at radius 1 is 0.462 bits per heavy atom. The Morgan fingerprint density at radius 2 is 0.800 bits per heavy atom. The van der Waals surface area contributed by atoms with Crippen LogP contribution >= 0.6 is 0 Å². The summed E-state index contributed by atoms with van der Waals surface area (Å²) < 4.78 is 5.91. The third-order valence-electron chi connectivity index (χ3n) is 12.3. The summed E-state index contributed by atoms with van der Waals surface area (Å²) in [7, 11) is 0. The van der Waals surface area contributed by atoms with Crippen LogP contribution in [0.15, 0.2) is 72.9 Å². The van der Waals surface area contributed by atoms with Crippen molar-refractivity contribution in [1.29, 1.82) is 0 Å². The van der Waals surface area contributed by atoms with Crippen molar-refractivity contribution in [3.63, 3.8) is 0 Å². The van der Waals surface area contributed by atoms with E-state index in [4.69, 9.17) is 4.74 Å². The van der Waals surface area contributed by atoms with Gasteiger partial charge in [-0.1, -0.05) is 261 Å². The highest BCUT2D eigenvalue weighted by Crippen LogP contribution is 2.18. The topological polar surface area (TPSA) is 95.9 Å². The molecule has 3 atom stereocenters. The summed E-state index contributed by atoms with van der Waals surface area (Å²) in [5.74, 6) is -0.567. The van der Waals surface area contributed by atoms with Crippen LogP contribution in [0, 0.1) is 0 Å². The van der Waals surface area contributed by atoms with Gasteiger partial charge in [0, 0.05) is 6.42 Å². The maximum Gasteiger partial charge on any atom is 0.306 e. The second-order valence-electron chi connectivity index (χ2n) is 18.6. The summed E-state index contributed by atoms with van der Waals surface area (Å²) in [6.45, 7) is 6.36. The van der Waals surface area contributed by atoms with Crippen LogP contribution in [0.5, 0.6) is 0 Å². The quantitative estimate of drug-likeness (QED) is 0.0321. The van der Waals surface area contributed by atoms with Crippen LogP contribution in [-0.2, 0) is 14.3 Å². The van der Waals surface area contributed by atoms with Gasteiger partial charge in [0.25, 0.3) is 0 Å². The third kappa shape index (κ3) is 47.6. The van der Waals surface area contributed by atoms with E-state index >= 15 is 0 Å². The van der Waals surface area contributed by atoms with Crippen molar-refractivity contribution < 1.29 is 24.5 Å². The molecule has 3 unspecified atom stereocenters. The fourth-order valence-electron chi connectivity index (χ4n) is 8.16. The lowest BCUT2D eigenvalue weighted by atomic mass is 10.0. The molecule has 0 spiro atoms. The maximum absolute atomic E-state index is 13.2. The molecule has 0 aromatic heterocycles. The molecular formula is C59H105NO5. The van der Waals surface area contributed by atoms with Crippen molar-refractivity contribution in [1.82, 2.24) is 5.32 Å². The van der Waals surface area contributed by atoms with E-state index in [0.717, 1.165) is 77.0 Å². The Bertz CT molecular complexity index is 1200. The number of carbonyl (C=O) groups excluding carboxylic acids is 2. The second kappa shape index (κ2) is 52.3. The number of allylic oxidation sites excluding steroid dienone is 12. The van der Waals surface area contributed by atoms with Crippen molar-refractivity contribution in [2.75, 3.05) is 6.61 Å². The van der Waals surface area contributed by atoms with Crippen molar-refractivity contribution in [3.05, 3.63) is 72.9 Å². The van der Waals surface area contributed by atoms with E-state index in [0.29, 0.717) is 19.3 Å². The number of aliphatic hydroxyl groups is 2. The van der Waals surface area contributed by atoms with Crippen LogP contribution in [-0.4, -0.2) is 46.9 Å². The van der Waals surface area contributed by atoms with Gasteiger partial charge in [0.15, 0.2) is 0 Å². The highest BCUT2D eigenvalue weighted by atomic mass is 16.5. The Labute approximate surface area is 402 Å². The highest BCUT2D eigenvalue weighted by molar-refractivity contribution is 5.77. The smallest absolute Gasteiger partial charge is 0.306 e. The predicted octanol–water partition coefficient (Wildman–Crippen LogP) is 17.0. The van der Waals surface area contributed by atoms with Crippen LogP contribution in [0.2, 0.25) is 0 Å². The molecule has 0 aliphatic heterocycles. The number of hydrogen-bond donors (Lipinski definition) is 3. The van der Waals surface area contributed by atoms with Crippen molar-refractivity contribution >= 4 is 11.9 Å². The monoisotopic (exact) mass is 908 g/mol. The number of hydrogen-bond acceptors (Lipinski definition) is 5. The first-order chi connectivity index (χ1) is 32.0. The Balaban J connectivity index is 4.68. The largest absolute Gasteiger partial charge is 0.462 e. The Hall–Kier alpha value is -2.70. The molecule has 6 heteroatoms. The molecule has 0 aromatic carbocycles. The van der Waals surface area contributed by atoms with Gasteiger partial charge in [0.2, 0.25) is 5.91 Å². The molecule has 0 heterocycles. The minimum atomic E-state index is -0.801. The molecule has 65 heavy (non-hydrogen) atoms. The van der Waals surface area contributed by atoms with Gasteiger partial charge >= 0.3 is 5.97 Å². The van der Waals surface area contributed by atoms with Crippen LogP contribution in [0.25, 0.3) is 0 Å². The summed E-state index contributed by atoms with van der Waals surface area (Å²) in [4.78, 5) is 26.2. The number of unbranched alkanes of at least 4 members (excludes halogenated alkanes) is 25. The normalized spacial score (nSPS) is 13.7. The minimum Gasteiger partial charge on any atom is -0.462 e. The van der Waals surface area contributed by atoms with Crippen LogP contribution in [0.3, 0.4) is 0 Å². The molecule has 0 fully saturated rings. The molecule has 0 saturated heterocycles. The van der Waals surface area contributed by atoms with E-state index in [1.54, 1.807) is 0 Å². The number of ether oxygens (including phenoxy) is 1. The molecule has 376 valence electrons. The van der Waals surface area contributed by atoms with Crippen molar-refractivity contribution in [3.8, 4) is 0 Å². The zero-order valence-corrected chi connectivity index (χ0v) is 42.9. The lowest BCUT2D eigenvalue weighted by Gasteiger charge is -2.24. The second-order valence-corrected chi connectivity index (χ2v) is 18.6. The lowest BCUT2D eigenvalue weighted by molar-refractivity contribution is -0.150. The Kier molecular flexibility index (Phi) is 50.1. The molecule has 6 nitrogen and oxygen atoms in total. The SMILES string of the molecule is CC/C=C\C/C=C\C/C=C\C/C=C\C/C=C\C/C=C\CCC(=O)OC(CCCCCCCCCCCCCCCCCC)CC(=O)NC(CO)C(O)CCCCCCCCCCCCC. The average molecular weight is 908 g/mol. The summed E-state index contributed by atoms with van der Waals surface area (Å²) >= 11 is 0. The molecular weight excluding hydrogens is 803 g/mol. The van der Waals surface area contributed by atoms with E-state index in [1.807, 2.05) is 6.08 Å². The molecule has 0 aliphatic carbocycles. The van der Waals surface area contributed by atoms with Gasteiger partial charge < -0.3 is 20.3 Å². The molecule has 0 rings (SSSR count). The maximum atomic E-state index is 13.2. The number of esters is 1. The lowest BCUT2D eigenvalue weighted by Crippen LogP contribution is -2.46. The van der Waals surface area contributed by atoms with E-state index in [1.165, 1.54) is 135 Å². The number of nitrogens with one attached hydrogen (secondary N) is 1. The Morgan fingerprint density at radius 3 is 1.17 bits per heavy atom. The summed E-state index contributed by atoms with van der Waals surface area (Å²) in [5.41, 5.74) is 0. The van der Waals surface area contributed by atoms with E-state index < -0.39 is 18.2 Å². The average Bonchev–Trinajstić information content (AvgIpc) is 3.30. The van der Waals surface area contributed by atoms with E-state index in [-0.39, 0.29) is 31.3 Å². The molecule has 0 radical (unpaired) electrons. The number of amides is 1. The predicted molar refractivity (Wildman–Crippen MR) is 282 cm³/mol. The van der Waals surface area contributed by atoms with Gasteiger partial charge in [-0.3, -0.25) is 9.59 Å². The first-order valence-corrected chi connectivity index (χ1v) is 27.7. The van der Waals surface area contributed by atoms with Crippen molar-refractivity contribution in [2.45, 2.75) is 283 Å². The zero-order chi connectivity index (χ0) is 47.4. The molecule has 0 aliphatic rings. The molecule has 1 amide bonds. The van der Waals surface area contributed by atoms with E-state index in [9.17, 15) is 19.8 Å². The van der Waals surface area contributed by atoms with Crippen LogP contribution < -0.4 is 5.32 Å².